The van der Waals surface area contributed by atoms with E-state index in [9.17, 15) is 13.2 Å². The lowest BCUT2D eigenvalue weighted by Gasteiger charge is -2.21. The topological polar surface area (TPSA) is 116 Å². The van der Waals surface area contributed by atoms with Crippen LogP contribution >= 0.6 is 11.6 Å². The molecule has 1 amide bonds. The van der Waals surface area contributed by atoms with Gasteiger partial charge in [0.25, 0.3) is 11.9 Å². The van der Waals surface area contributed by atoms with Gasteiger partial charge in [-0.1, -0.05) is 35.9 Å². The zero-order chi connectivity index (χ0) is 23.3. The fraction of sp³-hybridized carbons (Fsp3) is 0.227. The van der Waals surface area contributed by atoms with E-state index in [4.69, 9.17) is 21.3 Å². The molecule has 8 nitrogen and oxygen atoms in total. The summed E-state index contributed by atoms with van der Waals surface area (Å²) in [4.78, 5) is 18.4. The van der Waals surface area contributed by atoms with Crippen LogP contribution in [0.3, 0.4) is 0 Å². The highest BCUT2D eigenvalue weighted by atomic mass is 35.5. The van der Waals surface area contributed by atoms with Gasteiger partial charge in [0.15, 0.2) is 5.69 Å². The number of nitriles is 1. The Kier molecular flexibility index (Phi) is 7.18. The summed E-state index contributed by atoms with van der Waals surface area (Å²) in [5.74, 6) is -0.640. The summed E-state index contributed by atoms with van der Waals surface area (Å²) >= 11 is 5.98. The lowest BCUT2D eigenvalue weighted by molar-refractivity contribution is 0.0976. The molecule has 1 heterocycles. The molecule has 0 saturated carbocycles. The van der Waals surface area contributed by atoms with E-state index in [1.807, 2.05) is 33.9 Å². The van der Waals surface area contributed by atoms with E-state index < -0.39 is 15.9 Å². The molecule has 0 atom stereocenters. The monoisotopic (exact) mass is 472 g/mol. The number of hydrogen-bond donors (Lipinski definition) is 1. The highest BCUT2D eigenvalue weighted by Gasteiger charge is 2.23. The van der Waals surface area contributed by atoms with Crippen LogP contribution in [0.4, 0.5) is 6.01 Å². The molecule has 1 aromatic heterocycles. The van der Waals surface area contributed by atoms with Crippen LogP contribution in [0, 0.1) is 18.3 Å². The van der Waals surface area contributed by atoms with Gasteiger partial charge in [-0.2, -0.15) is 10.2 Å². The van der Waals surface area contributed by atoms with Crippen molar-refractivity contribution in [1.29, 1.82) is 5.26 Å². The van der Waals surface area contributed by atoms with E-state index in [0.29, 0.717) is 30.1 Å². The molecule has 3 aromatic rings. The van der Waals surface area contributed by atoms with E-state index in [2.05, 4.69) is 11.1 Å². The molecule has 0 unspecified atom stereocenters. The highest BCUT2D eigenvalue weighted by molar-refractivity contribution is 7.89. The summed E-state index contributed by atoms with van der Waals surface area (Å²) in [6, 6.07) is 16.9. The van der Waals surface area contributed by atoms with Crippen molar-refractivity contribution in [3.63, 3.8) is 0 Å². The van der Waals surface area contributed by atoms with Gasteiger partial charge in [-0.05, 0) is 48.7 Å². The zero-order valence-electron chi connectivity index (χ0n) is 17.5. The third kappa shape index (κ3) is 6.33. The molecule has 3 rings (SSSR count). The minimum Gasteiger partial charge on any atom is -0.428 e. The first-order chi connectivity index (χ1) is 15.1. The van der Waals surface area contributed by atoms with Crippen molar-refractivity contribution in [2.45, 2.75) is 19.9 Å². The van der Waals surface area contributed by atoms with Gasteiger partial charge in [-0.25, -0.2) is 13.1 Å². The number of nitrogens with zero attached hydrogens (tertiary/aromatic N) is 3. The molecule has 32 heavy (non-hydrogen) atoms. The fourth-order valence-electron chi connectivity index (χ4n) is 3.01. The van der Waals surface area contributed by atoms with Gasteiger partial charge in [0.05, 0.1) is 17.9 Å². The smallest absolute Gasteiger partial charge is 0.298 e. The number of carbonyl (C=O) groups excluding carboxylic acids is 1. The molecular formula is C22H21ClN4O4S. The first-order valence-electron chi connectivity index (χ1n) is 9.62. The summed E-state index contributed by atoms with van der Waals surface area (Å²) in [6.07, 6.45) is 1.53. The number of carbonyl (C=O) groups is 1. The molecular weight excluding hydrogens is 452 g/mol. The summed E-state index contributed by atoms with van der Waals surface area (Å²) in [6.45, 7) is 2.48. The average Bonchev–Trinajstić information content (AvgIpc) is 3.13. The molecule has 1 N–H and O–H groups in total. The van der Waals surface area contributed by atoms with E-state index in [1.165, 1.54) is 0 Å². The first-order valence-corrected chi connectivity index (χ1v) is 11.9. The summed E-state index contributed by atoms with van der Waals surface area (Å²) < 4.78 is 30.4. The molecule has 166 valence electrons. The van der Waals surface area contributed by atoms with Crippen LogP contribution in [-0.4, -0.2) is 32.1 Å². The first kappa shape index (κ1) is 23.3. The van der Waals surface area contributed by atoms with Crippen LogP contribution in [0.1, 0.15) is 32.9 Å². The standard InChI is InChI=1S/C22H21ClN4O4S/c1-15-20(21(28)26-32(2,29)30)25-22(31-15)27(14-18-7-9-19(23)10-8-18)12-11-16-3-5-17(13-24)6-4-16/h3-10H,11-12,14H2,1-2H3,(H,26,28). The molecule has 0 spiro atoms. The SMILES string of the molecule is Cc1oc(N(CCc2ccc(C#N)cc2)Cc2ccc(Cl)cc2)nc1C(=O)NS(C)(=O)=O. The van der Waals surface area contributed by atoms with Crippen LogP contribution in [0.5, 0.6) is 0 Å². The maximum Gasteiger partial charge on any atom is 0.298 e. The Morgan fingerprint density at radius 2 is 1.78 bits per heavy atom. The number of benzene rings is 2. The maximum absolute atomic E-state index is 12.3. The number of rotatable bonds is 8. The second-order valence-electron chi connectivity index (χ2n) is 7.21. The van der Waals surface area contributed by atoms with E-state index in [-0.39, 0.29) is 17.5 Å². The van der Waals surface area contributed by atoms with E-state index in [1.54, 1.807) is 31.2 Å². The number of sulfonamides is 1. The van der Waals surface area contributed by atoms with E-state index >= 15 is 0 Å². The number of aromatic nitrogens is 1. The third-order valence-corrected chi connectivity index (χ3v) is 5.40. The van der Waals surface area contributed by atoms with Gasteiger partial charge in [0.1, 0.15) is 5.76 Å². The lowest BCUT2D eigenvalue weighted by Crippen LogP contribution is -2.30. The fourth-order valence-corrected chi connectivity index (χ4v) is 3.57. The Morgan fingerprint density at radius 1 is 1.16 bits per heavy atom. The molecule has 0 bridgehead atoms. The van der Waals surface area contributed by atoms with Gasteiger partial charge >= 0.3 is 0 Å². The molecule has 0 radical (unpaired) electrons. The van der Waals surface area contributed by atoms with Crippen molar-refractivity contribution in [2.24, 2.45) is 0 Å². The van der Waals surface area contributed by atoms with Crippen molar-refractivity contribution in [3.8, 4) is 6.07 Å². The Hall–Kier alpha value is -3.35. The van der Waals surface area contributed by atoms with Gasteiger partial charge < -0.3 is 9.32 Å². The summed E-state index contributed by atoms with van der Waals surface area (Å²) in [5, 5.41) is 9.58. The van der Waals surface area contributed by atoms with Crippen molar-refractivity contribution in [2.75, 3.05) is 17.7 Å². The minimum atomic E-state index is -3.73. The maximum atomic E-state index is 12.3. The summed E-state index contributed by atoms with van der Waals surface area (Å²) in [5.41, 5.74) is 2.46. The van der Waals surface area contributed by atoms with Crippen molar-refractivity contribution < 1.29 is 17.6 Å². The van der Waals surface area contributed by atoms with Gasteiger partial charge in [-0.15, -0.1) is 0 Å². The predicted molar refractivity (Wildman–Crippen MR) is 121 cm³/mol. The molecule has 0 aliphatic carbocycles. The second-order valence-corrected chi connectivity index (χ2v) is 9.40. The van der Waals surface area contributed by atoms with Crippen molar-refractivity contribution in [3.05, 3.63) is 81.7 Å². The van der Waals surface area contributed by atoms with Crippen LogP contribution < -0.4 is 9.62 Å². The second kappa shape index (κ2) is 9.85. The number of anilines is 1. The third-order valence-electron chi connectivity index (χ3n) is 4.59. The van der Waals surface area contributed by atoms with Crippen molar-refractivity contribution >= 4 is 33.5 Å². The Bertz CT molecular complexity index is 1250. The van der Waals surface area contributed by atoms with Gasteiger partial charge in [0, 0.05) is 18.1 Å². The Morgan fingerprint density at radius 3 is 2.38 bits per heavy atom. The average molecular weight is 473 g/mol. The van der Waals surface area contributed by atoms with Crippen LogP contribution in [0.2, 0.25) is 5.02 Å². The number of oxazole rings is 1. The van der Waals surface area contributed by atoms with Crippen LogP contribution in [0.25, 0.3) is 0 Å². The predicted octanol–water partition coefficient (Wildman–Crippen LogP) is 3.45. The molecule has 0 aliphatic rings. The normalized spacial score (nSPS) is 11.1. The number of amides is 1. The van der Waals surface area contributed by atoms with Crippen LogP contribution in [0.15, 0.2) is 52.9 Å². The Balaban J connectivity index is 1.85. The number of hydrogen-bond acceptors (Lipinski definition) is 7. The largest absolute Gasteiger partial charge is 0.428 e. The van der Waals surface area contributed by atoms with Gasteiger partial charge in [0.2, 0.25) is 10.0 Å². The number of nitrogens with one attached hydrogen (secondary N) is 1. The van der Waals surface area contributed by atoms with Crippen LogP contribution in [-0.2, 0) is 23.0 Å². The molecule has 10 heteroatoms. The molecule has 0 aliphatic heterocycles. The minimum absolute atomic E-state index is 0.0927. The quantitative estimate of drug-likeness (QED) is 0.533. The number of aryl methyl sites for hydroxylation is 1. The van der Waals surface area contributed by atoms with Crippen molar-refractivity contribution in [1.82, 2.24) is 9.71 Å². The highest BCUT2D eigenvalue weighted by Crippen LogP contribution is 2.22. The lowest BCUT2D eigenvalue weighted by atomic mass is 10.1. The molecule has 2 aromatic carbocycles. The molecule has 0 fully saturated rings. The Labute approximate surface area is 191 Å². The summed E-state index contributed by atoms with van der Waals surface area (Å²) in [7, 11) is -3.73. The number of halogens is 1. The van der Waals surface area contributed by atoms with E-state index in [0.717, 1.165) is 17.4 Å². The van der Waals surface area contributed by atoms with Gasteiger partial charge in [-0.3, -0.25) is 4.79 Å². The molecule has 0 saturated heterocycles. The zero-order valence-corrected chi connectivity index (χ0v) is 19.1.